The molecule has 0 radical (unpaired) electrons. The van der Waals surface area contributed by atoms with Crippen LogP contribution in [-0.4, -0.2) is 33.5 Å². The minimum Gasteiger partial charge on any atom is -0.368 e. The fourth-order valence-corrected chi connectivity index (χ4v) is 1.15. The first-order valence-corrected chi connectivity index (χ1v) is 5.32. The summed E-state index contributed by atoms with van der Waals surface area (Å²) >= 11 is 1.76. The van der Waals surface area contributed by atoms with E-state index in [1.807, 2.05) is 0 Å². The smallest absolute Gasteiger partial charge is 0.227 e. The van der Waals surface area contributed by atoms with Gasteiger partial charge in [0.1, 0.15) is 5.82 Å². The minimum atomic E-state index is 0.263. The van der Waals surface area contributed by atoms with Crippen LogP contribution in [0.4, 0.5) is 11.9 Å². The number of rotatable bonds is 4. The Balaban J connectivity index is 2.56. The van der Waals surface area contributed by atoms with Crippen LogP contribution in [0.1, 0.15) is 5.82 Å². The van der Waals surface area contributed by atoms with Crippen molar-refractivity contribution in [3.05, 3.63) is 5.82 Å². The van der Waals surface area contributed by atoms with Crippen LogP contribution >= 0.6 is 11.8 Å². The second-order valence-corrected chi connectivity index (χ2v) is 3.47. The van der Waals surface area contributed by atoms with Gasteiger partial charge in [0.15, 0.2) is 0 Å². The molecule has 0 aliphatic heterocycles. The molecule has 72 valence electrons. The molecule has 0 aliphatic rings. The van der Waals surface area contributed by atoms with E-state index in [1.165, 1.54) is 0 Å². The maximum absolute atomic E-state index is 5.46. The quantitative estimate of drug-likeness (QED) is 0.689. The van der Waals surface area contributed by atoms with Crippen LogP contribution in [0, 0.1) is 6.92 Å². The number of nitrogens with one attached hydrogen (secondary N) is 1. The number of anilines is 2. The number of nitrogens with two attached hydrogens (primary N) is 1. The second-order valence-electron chi connectivity index (χ2n) is 2.48. The molecule has 0 atom stereocenters. The molecule has 0 unspecified atom stereocenters. The van der Waals surface area contributed by atoms with Crippen LogP contribution in [0.5, 0.6) is 0 Å². The summed E-state index contributed by atoms with van der Waals surface area (Å²) in [6, 6.07) is 0. The lowest BCUT2D eigenvalue weighted by atomic mass is 10.6. The molecule has 1 aromatic heterocycles. The number of aromatic nitrogens is 3. The van der Waals surface area contributed by atoms with E-state index in [0.29, 0.717) is 11.8 Å². The Morgan fingerprint density at radius 3 is 2.77 bits per heavy atom. The topological polar surface area (TPSA) is 76.7 Å². The molecular formula is C7H13N5S. The predicted octanol–water partition coefficient (Wildman–Crippen LogP) is 0.537. The van der Waals surface area contributed by atoms with Crippen LogP contribution in [-0.2, 0) is 0 Å². The van der Waals surface area contributed by atoms with Crippen molar-refractivity contribution in [3.8, 4) is 0 Å². The van der Waals surface area contributed by atoms with Gasteiger partial charge >= 0.3 is 0 Å². The number of thioether (sulfide) groups is 1. The zero-order valence-corrected chi connectivity index (χ0v) is 8.56. The first-order valence-electron chi connectivity index (χ1n) is 3.93. The third-order valence-corrected chi connectivity index (χ3v) is 1.97. The molecule has 5 nitrogen and oxygen atoms in total. The number of hydrogen-bond donors (Lipinski definition) is 2. The highest BCUT2D eigenvalue weighted by Gasteiger charge is 1.98. The first kappa shape index (κ1) is 10.0. The molecular weight excluding hydrogens is 186 g/mol. The largest absolute Gasteiger partial charge is 0.368 e. The molecule has 0 amide bonds. The number of aryl methyl sites for hydroxylation is 1. The third kappa shape index (κ3) is 3.45. The fourth-order valence-electron chi connectivity index (χ4n) is 0.846. The van der Waals surface area contributed by atoms with E-state index in [0.717, 1.165) is 12.3 Å². The summed E-state index contributed by atoms with van der Waals surface area (Å²) < 4.78 is 0. The van der Waals surface area contributed by atoms with Crippen molar-refractivity contribution < 1.29 is 0 Å². The van der Waals surface area contributed by atoms with Gasteiger partial charge in [-0.25, -0.2) is 0 Å². The van der Waals surface area contributed by atoms with Crippen molar-refractivity contribution in [2.24, 2.45) is 0 Å². The van der Waals surface area contributed by atoms with Crippen LogP contribution < -0.4 is 11.1 Å². The summed E-state index contributed by atoms with van der Waals surface area (Å²) in [4.78, 5) is 11.9. The van der Waals surface area contributed by atoms with Gasteiger partial charge in [0.05, 0.1) is 0 Å². The number of nitrogens with zero attached hydrogens (tertiary/aromatic N) is 3. The van der Waals surface area contributed by atoms with Crippen LogP contribution in [0.3, 0.4) is 0 Å². The van der Waals surface area contributed by atoms with E-state index in [-0.39, 0.29) is 5.95 Å². The molecule has 0 fully saturated rings. The Labute approximate surface area is 81.6 Å². The molecule has 0 aromatic carbocycles. The van der Waals surface area contributed by atoms with E-state index in [4.69, 9.17) is 5.73 Å². The highest BCUT2D eigenvalue weighted by atomic mass is 32.2. The molecule has 0 bridgehead atoms. The van der Waals surface area contributed by atoms with Gasteiger partial charge in [0.2, 0.25) is 11.9 Å². The van der Waals surface area contributed by atoms with Gasteiger partial charge in [-0.1, -0.05) is 0 Å². The predicted molar refractivity (Wildman–Crippen MR) is 55.8 cm³/mol. The van der Waals surface area contributed by atoms with Crippen molar-refractivity contribution in [3.63, 3.8) is 0 Å². The molecule has 1 heterocycles. The molecule has 0 saturated heterocycles. The average molecular weight is 199 g/mol. The summed E-state index contributed by atoms with van der Waals surface area (Å²) in [6.45, 7) is 2.63. The first-order chi connectivity index (χ1) is 6.22. The monoisotopic (exact) mass is 199 g/mol. The normalized spacial score (nSPS) is 10.0. The summed E-state index contributed by atoms with van der Waals surface area (Å²) in [5.74, 6) is 2.47. The Kier molecular flexibility index (Phi) is 3.75. The summed E-state index contributed by atoms with van der Waals surface area (Å²) in [5.41, 5.74) is 5.46. The second kappa shape index (κ2) is 4.86. The lowest BCUT2D eigenvalue weighted by Gasteiger charge is -2.03. The van der Waals surface area contributed by atoms with Crippen molar-refractivity contribution in [2.45, 2.75) is 6.92 Å². The van der Waals surface area contributed by atoms with Gasteiger partial charge in [-0.15, -0.1) is 0 Å². The maximum Gasteiger partial charge on any atom is 0.227 e. The Hall–Kier alpha value is -1.04. The fraction of sp³-hybridized carbons (Fsp3) is 0.571. The number of nitrogen functional groups attached to an aromatic ring is 1. The highest BCUT2D eigenvalue weighted by Crippen LogP contribution is 2.01. The van der Waals surface area contributed by atoms with Crippen LogP contribution in [0.15, 0.2) is 0 Å². The summed E-state index contributed by atoms with van der Waals surface area (Å²) in [6.07, 6.45) is 2.05. The van der Waals surface area contributed by atoms with E-state index in [2.05, 4.69) is 26.5 Å². The Morgan fingerprint density at radius 1 is 1.38 bits per heavy atom. The standard InChI is InChI=1S/C7H13N5S/c1-5-10-6(8)12-7(11-5)9-3-4-13-2/h3-4H2,1-2H3,(H3,8,9,10,11,12). The molecule has 6 heteroatoms. The van der Waals surface area contributed by atoms with Gasteiger partial charge in [-0.05, 0) is 13.2 Å². The van der Waals surface area contributed by atoms with Crippen molar-refractivity contribution in [1.29, 1.82) is 0 Å². The molecule has 13 heavy (non-hydrogen) atoms. The van der Waals surface area contributed by atoms with Gasteiger partial charge in [0.25, 0.3) is 0 Å². The van der Waals surface area contributed by atoms with Crippen molar-refractivity contribution >= 4 is 23.7 Å². The van der Waals surface area contributed by atoms with Crippen molar-refractivity contribution in [2.75, 3.05) is 29.6 Å². The van der Waals surface area contributed by atoms with E-state index in [1.54, 1.807) is 18.7 Å². The molecule has 1 aromatic rings. The van der Waals surface area contributed by atoms with Gasteiger partial charge in [-0.2, -0.15) is 26.7 Å². The van der Waals surface area contributed by atoms with Crippen LogP contribution in [0.25, 0.3) is 0 Å². The van der Waals surface area contributed by atoms with Gasteiger partial charge < -0.3 is 11.1 Å². The lowest BCUT2D eigenvalue weighted by Crippen LogP contribution is -2.10. The highest BCUT2D eigenvalue weighted by molar-refractivity contribution is 7.98. The summed E-state index contributed by atoms with van der Waals surface area (Å²) in [5, 5.41) is 3.06. The zero-order chi connectivity index (χ0) is 9.68. The molecule has 3 N–H and O–H groups in total. The number of hydrogen-bond acceptors (Lipinski definition) is 6. The SMILES string of the molecule is CSCCNc1nc(C)nc(N)n1. The maximum atomic E-state index is 5.46. The Bertz CT molecular complexity index is 257. The minimum absolute atomic E-state index is 0.263. The molecule has 0 aliphatic carbocycles. The van der Waals surface area contributed by atoms with Gasteiger partial charge in [-0.3, -0.25) is 0 Å². The molecule has 0 saturated carbocycles. The average Bonchev–Trinajstić information content (AvgIpc) is 2.03. The third-order valence-electron chi connectivity index (χ3n) is 1.35. The Morgan fingerprint density at radius 2 is 2.15 bits per heavy atom. The van der Waals surface area contributed by atoms with E-state index in [9.17, 15) is 0 Å². The van der Waals surface area contributed by atoms with E-state index < -0.39 is 0 Å². The lowest BCUT2D eigenvalue weighted by molar-refractivity contribution is 0.975. The van der Waals surface area contributed by atoms with E-state index >= 15 is 0 Å². The summed E-state index contributed by atoms with van der Waals surface area (Å²) in [7, 11) is 0. The van der Waals surface area contributed by atoms with Gasteiger partial charge in [0, 0.05) is 12.3 Å². The van der Waals surface area contributed by atoms with Crippen LogP contribution in [0.2, 0.25) is 0 Å². The zero-order valence-electron chi connectivity index (χ0n) is 7.74. The molecule has 1 rings (SSSR count). The molecule has 0 spiro atoms. The van der Waals surface area contributed by atoms with Crippen molar-refractivity contribution in [1.82, 2.24) is 15.0 Å².